The van der Waals surface area contributed by atoms with Crippen LogP contribution in [0.15, 0.2) is 48.5 Å². The molecule has 7 nitrogen and oxygen atoms in total. The van der Waals surface area contributed by atoms with Crippen LogP contribution in [-0.4, -0.2) is 41.8 Å². The normalized spacial score (nSPS) is 17.1. The fraction of sp³-hybridized carbons (Fsp3) is 0.464. The van der Waals surface area contributed by atoms with Gasteiger partial charge < -0.3 is 20.5 Å². The van der Waals surface area contributed by atoms with E-state index >= 15 is 0 Å². The number of nitrogens with one attached hydrogen (secondary N) is 2. The molecule has 4 rings (SSSR count). The summed E-state index contributed by atoms with van der Waals surface area (Å²) in [7, 11) is 0. The molecule has 0 radical (unpaired) electrons. The molecule has 0 heterocycles. The number of hydrogen-bond donors (Lipinski definition) is 3. The number of alkyl carbamates (subject to hydrolysis) is 1. The summed E-state index contributed by atoms with van der Waals surface area (Å²) in [6.07, 6.45) is 4.05. The van der Waals surface area contributed by atoms with Crippen LogP contribution in [0.3, 0.4) is 0 Å². The monoisotopic (exact) mass is 478 g/mol. The molecule has 2 aromatic carbocycles. The molecule has 186 valence electrons. The first kappa shape index (κ1) is 24.8. The number of rotatable bonds is 9. The number of benzene rings is 2. The number of carbonyl (C=O) groups is 3. The summed E-state index contributed by atoms with van der Waals surface area (Å²) >= 11 is 0. The number of carboxylic acids is 1. The highest BCUT2D eigenvalue weighted by atomic mass is 16.5. The van der Waals surface area contributed by atoms with Gasteiger partial charge in [-0.1, -0.05) is 74.7 Å². The Kier molecular flexibility index (Phi) is 7.73. The zero-order valence-electron chi connectivity index (χ0n) is 20.2. The third-order valence-corrected chi connectivity index (χ3v) is 7.19. The van der Waals surface area contributed by atoms with Crippen LogP contribution >= 0.6 is 0 Å². The van der Waals surface area contributed by atoms with Crippen molar-refractivity contribution >= 4 is 18.0 Å². The van der Waals surface area contributed by atoms with Crippen LogP contribution < -0.4 is 10.6 Å². The fourth-order valence-electron chi connectivity index (χ4n) is 5.45. The number of hydrogen-bond acceptors (Lipinski definition) is 4. The fourth-order valence-corrected chi connectivity index (χ4v) is 5.45. The van der Waals surface area contributed by atoms with Gasteiger partial charge in [0.25, 0.3) is 0 Å². The van der Waals surface area contributed by atoms with E-state index in [-0.39, 0.29) is 37.2 Å². The smallest absolute Gasteiger partial charge is 0.407 e. The van der Waals surface area contributed by atoms with Crippen LogP contribution in [0.2, 0.25) is 0 Å². The molecule has 1 atom stereocenters. The van der Waals surface area contributed by atoms with Gasteiger partial charge in [0.15, 0.2) is 0 Å². The van der Waals surface area contributed by atoms with Gasteiger partial charge in [0.05, 0.1) is 5.54 Å². The van der Waals surface area contributed by atoms with Crippen molar-refractivity contribution in [2.45, 2.75) is 63.3 Å². The molecule has 0 bridgehead atoms. The molecular formula is C28H34N2O5. The van der Waals surface area contributed by atoms with E-state index in [1.165, 1.54) is 11.1 Å². The first-order valence-electron chi connectivity index (χ1n) is 12.5. The molecular weight excluding hydrogens is 444 g/mol. The lowest BCUT2D eigenvalue weighted by Crippen LogP contribution is -2.53. The first-order valence-corrected chi connectivity index (χ1v) is 12.5. The van der Waals surface area contributed by atoms with Gasteiger partial charge in [-0.15, -0.1) is 0 Å². The van der Waals surface area contributed by atoms with Gasteiger partial charge in [-0.3, -0.25) is 9.59 Å². The lowest BCUT2D eigenvalue weighted by molar-refractivity contribution is -0.138. The molecule has 1 unspecified atom stereocenters. The van der Waals surface area contributed by atoms with Crippen LogP contribution in [0.4, 0.5) is 4.79 Å². The summed E-state index contributed by atoms with van der Waals surface area (Å²) < 4.78 is 5.74. The zero-order chi connectivity index (χ0) is 24.8. The molecule has 1 saturated carbocycles. The maximum atomic E-state index is 12.9. The van der Waals surface area contributed by atoms with E-state index < -0.39 is 17.6 Å². The molecule has 0 saturated heterocycles. The Morgan fingerprint density at radius 3 is 2.20 bits per heavy atom. The molecule has 0 aromatic heterocycles. The highest BCUT2D eigenvalue weighted by Gasteiger charge is 2.37. The van der Waals surface area contributed by atoms with Crippen molar-refractivity contribution < 1.29 is 24.2 Å². The Balaban J connectivity index is 1.37. The van der Waals surface area contributed by atoms with Crippen molar-refractivity contribution in [2.75, 3.05) is 13.2 Å². The minimum atomic E-state index is -0.882. The summed E-state index contributed by atoms with van der Waals surface area (Å²) in [5, 5.41) is 14.8. The quantitative estimate of drug-likeness (QED) is 0.478. The molecule has 2 aromatic rings. The van der Waals surface area contributed by atoms with Crippen LogP contribution in [-0.2, 0) is 14.3 Å². The van der Waals surface area contributed by atoms with Crippen molar-refractivity contribution in [2.24, 2.45) is 5.92 Å². The maximum Gasteiger partial charge on any atom is 0.407 e. The van der Waals surface area contributed by atoms with Crippen molar-refractivity contribution in [3.05, 3.63) is 59.7 Å². The third-order valence-electron chi connectivity index (χ3n) is 7.19. The Morgan fingerprint density at radius 1 is 1.00 bits per heavy atom. The van der Waals surface area contributed by atoms with E-state index in [1.54, 1.807) is 6.92 Å². The lowest BCUT2D eigenvalue weighted by atomic mass is 9.79. The van der Waals surface area contributed by atoms with Crippen LogP contribution in [0, 0.1) is 5.92 Å². The van der Waals surface area contributed by atoms with E-state index in [1.807, 2.05) is 24.3 Å². The largest absolute Gasteiger partial charge is 0.481 e. The SMILES string of the molecule is CC(CNC(=O)CC1(NC(=O)OCC2c3ccccc3-c3ccccc32)CCCCC1)CC(=O)O. The van der Waals surface area contributed by atoms with E-state index in [0.717, 1.165) is 43.2 Å². The summed E-state index contributed by atoms with van der Waals surface area (Å²) in [6.45, 7) is 2.32. The number of amides is 2. The van der Waals surface area contributed by atoms with Crippen LogP contribution in [0.25, 0.3) is 11.1 Å². The van der Waals surface area contributed by atoms with Crippen molar-refractivity contribution in [3.63, 3.8) is 0 Å². The van der Waals surface area contributed by atoms with E-state index in [4.69, 9.17) is 9.84 Å². The molecule has 2 amide bonds. The second-order valence-corrected chi connectivity index (χ2v) is 9.98. The first-order chi connectivity index (χ1) is 16.9. The van der Waals surface area contributed by atoms with Crippen molar-refractivity contribution in [1.82, 2.24) is 10.6 Å². The zero-order valence-corrected chi connectivity index (χ0v) is 20.2. The van der Waals surface area contributed by atoms with Gasteiger partial charge in [-0.05, 0) is 41.0 Å². The minimum absolute atomic E-state index is 0.00340. The van der Waals surface area contributed by atoms with Gasteiger partial charge in [0.1, 0.15) is 6.61 Å². The summed E-state index contributed by atoms with van der Waals surface area (Å²) in [5.41, 5.74) is 4.03. The Labute approximate surface area is 206 Å². The predicted molar refractivity (Wildman–Crippen MR) is 133 cm³/mol. The van der Waals surface area contributed by atoms with Gasteiger partial charge in [-0.2, -0.15) is 0 Å². The molecule has 0 aliphatic heterocycles. The molecule has 2 aliphatic rings. The van der Waals surface area contributed by atoms with Crippen LogP contribution in [0.5, 0.6) is 0 Å². The van der Waals surface area contributed by atoms with E-state index in [9.17, 15) is 14.4 Å². The third kappa shape index (κ3) is 6.02. The maximum absolute atomic E-state index is 12.9. The van der Waals surface area contributed by atoms with Crippen LogP contribution in [0.1, 0.15) is 68.9 Å². The second-order valence-electron chi connectivity index (χ2n) is 9.98. The second kappa shape index (κ2) is 10.9. The summed E-state index contributed by atoms with van der Waals surface area (Å²) in [5.74, 6) is -1.24. The molecule has 3 N–H and O–H groups in total. The number of ether oxygens (including phenoxy) is 1. The molecule has 2 aliphatic carbocycles. The average Bonchev–Trinajstić information content (AvgIpc) is 3.15. The number of carboxylic acid groups (broad SMARTS) is 1. The lowest BCUT2D eigenvalue weighted by Gasteiger charge is -2.37. The van der Waals surface area contributed by atoms with Gasteiger partial charge >= 0.3 is 12.1 Å². The molecule has 1 fully saturated rings. The average molecular weight is 479 g/mol. The van der Waals surface area contributed by atoms with E-state index in [0.29, 0.717) is 6.54 Å². The van der Waals surface area contributed by atoms with Gasteiger partial charge in [-0.25, -0.2) is 4.79 Å². The Bertz CT molecular complexity index is 1030. The Morgan fingerprint density at radius 2 is 1.60 bits per heavy atom. The minimum Gasteiger partial charge on any atom is -0.481 e. The van der Waals surface area contributed by atoms with Gasteiger partial charge in [0, 0.05) is 25.3 Å². The molecule has 7 heteroatoms. The topological polar surface area (TPSA) is 105 Å². The van der Waals surface area contributed by atoms with Crippen molar-refractivity contribution in [3.8, 4) is 11.1 Å². The molecule has 35 heavy (non-hydrogen) atoms. The highest BCUT2D eigenvalue weighted by molar-refractivity contribution is 5.80. The number of fused-ring (bicyclic) bond motifs is 3. The standard InChI is InChI=1S/C28H34N2O5/c1-19(15-26(32)33)17-29-25(31)16-28(13-7-2-8-14-28)30-27(34)35-18-24-22-11-5-3-9-20(22)21-10-4-6-12-23(21)24/h3-6,9-12,19,24H,2,7-8,13-18H2,1H3,(H,29,31)(H,30,34)(H,32,33). The highest BCUT2D eigenvalue weighted by Crippen LogP contribution is 2.44. The Hall–Kier alpha value is -3.35. The predicted octanol–water partition coefficient (Wildman–Crippen LogP) is 4.85. The van der Waals surface area contributed by atoms with E-state index in [2.05, 4.69) is 34.9 Å². The summed E-state index contributed by atoms with van der Waals surface area (Å²) in [4.78, 5) is 36.5. The van der Waals surface area contributed by atoms with Crippen molar-refractivity contribution in [1.29, 1.82) is 0 Å². The summed E-state index contributed by atoms with van der Waals surface area (Å²) in [6, 6.07) is 16.4. The number of aliphatic carboxylic acids is 1. The van der Waals surface area contributed by atoms with Gasteiger partial charge in [0.2, 0.25) is 5.91 Å². The number of carbonyl (C=O) groups excluding carboxylic acids is 2. The molecule has 0 spiro atoms.